The first kappa shape index (κ1) is 49.1. The number of ether oxygens (including phenoxy) is 2. The molecule has 0 aliphatic rings. The highest BCUT2D eigenvalue weighted by Crippen LogP contribution is 2.25. The van der Waals surface area contributed by atoms with Crippen molar-refractivity contribution in [1.29, 1.82) is 0 Å². The zero-order valence-electron chi connectivity index (χ0n) is 34.7. The van der Waals surface area contributed by atoms with Crippen LogP contribution in [0.1, 0.15) is 198 Å². The molecule has 0 amide bonds. The van der Waals surface area contributed by atoms with Crippen LogP contribution in [0.4, 0.5) is 0 Å². The lowest BCUT2D eigenvalue weighted by molar-refractivity contribution is -0.0426. The zero-order valence-corrected chi connectivity index (χ0v) is 35.7. The van der Waals surface area contributed by atoms with Crippen LogP contribution in [0.3, 0.4) is 0 Å². The van der Waals surface area contributed by atoms with E-state index in [2.05, 4.69) is 69.2 Å². The van der Waals surface area contributed by atoms with E-state index < -0.39 is 8.25 Å². The predicted molar refractivity (Wildman–Crippen MR) is 215 cm³/mol. The van der Waals surface area contributed by atoms with E-state index in [1.165, 1.54) is 116 Å². The number of rotatable bonds is 36. The van der Waals surface area contributed by atoms with E-state index in [-0.39, 0.29) is 12.7 Å². The van der Waals surface area contributed by atoms with Crippen molar-refractivity contribution in [2.24, 2.45) is 47.3 Å². The lowest BCUT2D eigenvalue weighted by Gasteiger charge is -2.20. The summed E-state index contributed by atoms with van der Waals surface area (Å²) in [6, 6.07) is 0. The molecule has 0 saturated carbocycles. The third kappa shape index (κ3) is 34.9. The number of hydrogen-bond donors (Lipinski definition) is 1. The summed E-state index contributed by atoms with van der Waals surface area (Å²) in [5, 5.41) is 0. The molecule has 49 heavy (non-hydrogen) atoms. The summed E-state index contributed by atoms with van der Waals surface area (Å²) in [6.07, 6.45) is 26.0. The van der Waals surface area contributed by atoms with Crippen LogP contribution in [0.15, 0.2) is 0 Å². The van der Waals surface area contributed by atoms with E-state index in [1.807, 2.05) is 0 Å². The minimum absolute atomic E-state index is 0.112. The van der Waals surface area contributed by atoms with Crippen molar-refractivity contribution in [3.63, 3.8) is 0 Å². The summed E-state index contributed by atoms with van der Waals surface area (Å²) < 4.78 is 28.3. The van der Waals surface area contributed by atoms with Gasteiger partial charge in [0.1, 0.15) is 6.10 Å². The van der Waals surface area contributed by atoms with Crippen molar-refractivity contribution in [1.82, 2.24) is 0 Å². The van der Waals surface area contributed by atoms with E-state index in [4.69, 9.17) is 14.0 Å². The van der Waals surface area contributed by atoms with E-state index in [0.29, 0.717) is 31.7 Å². The van der Waals surface area contributed by atoms with Crippen molar-refractivity contribution in [2.75, 3.05) is 26.4 Å². The maximum absolute atomic E-state index is 11.2. The minimum Gasteiger partial charge on any atom is -0.379 e. The largest absolute Gasteiger partial charge is 0.379 e. The Morgan fingerprint density at radius 3 is 1.06 bits per heavy atom. The third-order valence-corrected chi connectivity index (χ3v) is 11.4. The van der Waals surface area contributed by atoms with Gasteiger partial charge in [-0.25, -0.2) is 0 Å². The standard InChI is InChI=1S/C43H89O5P/c1-35(2)17-11-19-37(5)21-13-23-39(7)25-15-27-41(9)29-31-46-33-43(34-48-49(44)45)47-32-30-42(10)28-16-26-40(8)24-14-22-38(6)20-12-18-36(3)4/h35-43,49H,11-34H2,1-10H3,(H,44,45)/t37-,38-,39-,40-,41-,42-,43+/m1/s1. The molecule has 5 nitrogen and oxygen atoms in total. The van der Waals surface area contributed by atoms with E-state index in [1.54, 1.807) is 0 Å². The fraction of sp³-hybridized carbons (Fsp3) is 1.00. The van der Waals surface area contributed by atoms with Crippen LogP contribution in [-0.2, 0) is 18.6 Å². The fourth-order valence-corrected chi connectivity index (χ4v) is 7.45. The van der Waals surface area contributed by atoms with Crippen molar-refractivity contribution in [2.45, 2.75) is 204 Å². The lowest BCUT2D eigenvalue weighted by Crippen LogP contribution is -2.26. The molecule has 0 bridgehead atoms. The highest BCUT2D eigenvalue weighted by Gasteiger charge is 2.14. The van der Waals surface area contributed by atoms with Gasteiger partial charge in [-0.2, -0.15) is 0 Å². The second-order valence-corrected chi connectivity index (χ2v) is 18.5. The molecule has 6 heteroatoms. The van der Waals surface area contributed by atoms with Gasteiger partial charge in [0.15, 0.2) is 0 Å². The smallest absolute Gasteiger partial charge is 0.316 e. The summed E-state index contributed by atoms with van der Waals surface area (Å²) in [7, 11) is -2.97. The van der Waals surface area contributed by atoms with Gasteiger partial charge in [0.25, 0.3) is 0 Å². The lowest BCUT2D eigenvalue weighted by atomic mass is 9.91. The Morgan fingerprint density at radius 2 is 0.735 bits per heavy atom. The Labute approximate surface area is 308 Å². The summed E-state index contributed by atoms with van der Waals surface area (Å²) in [5.74, 6) is 6.30. The highest BCUT2D eigenvalue weighted by atomic mass is 31.1. The monoisotopic (exact) mass is 717 g/mol. The molecule has 0 spiro atoms. The van der Waals surface area contributed by atoms with Crippen LogP contribution >= 0.6 is 8.25 Å². The molecule has 0 aromatic carbocycles. The van der Waals surface area contributed by atoms with E-state index in [9.17, 15) is 9.46 Å². The molecule has 0 aromatic heterocycles. The summed E-state index contributed by atoms with van der Waals surface area (Å²) in [5.41, 5.74) is 0. The van der Waals surface area contributed by atoms with Crippen LogP contribution in [0, 0.1) is 47.3 Å². The van der Waals surface area contributed by atoms with Gasteiger partial charge in [0.2, 0.25) is 0 Å². The Morgan fingerprint density at radius 1 is 0.429 bits per heavy atom. The molecule has 0 fully saturated rings. The molecule has 0 aliphatic carbocycles. The van der Waals surface area contributed by atoms with Crippen LogP contribution in [0.5, 0.6) is 0 Å². The Bertz CT molecular complexity index is 731. The first-order chi connectivity index (χ1) is 23.3. The van der Waals surface area contributed by atoms with Gasteiger partial charge >= 0.3 is 8.25 Å². The van der Waals surface area contributed by atoms with Crippen LogP contribution in [0.2, 0.25) is 0 Å². The molecule has 0 aromatic rings. The summed E-state index contributed by atoms with van der Waals surface area (Å²) in [6.45, 7) is 25.6. The quantitative estimate of drug-likeness (QED) is 0.0516. The van der Waals surface area contributed by atoms with Gasteiger partial charge in [-0.1, -0.05) is 185 Å². The molecule has 0 saturated heterocycles. The van der Waals surface area contributed by atoms with Gasteiger partial charge in [-0.3, -0.25) is 4.57 Å². The van der Waals surface area contributed by atoms with E-state index in [0.717, 1.165) is 48.3 Å². The van der Waals surface area contributed by atoms with Gasteiger partial charge in [-0.15, -0.1) is 0 Å². The molecule has 0 radical (unpaired) electrons. The van der Waals surface area contributed by atoms with Crippen LogP contribution in [-0.4, -0.2) is 37.4 Å². The normalized spacial score (nSPS) is 17.2. The molecule has 1 unspecified atom stereocenters. The Hall–Kier alpha value is 0.0700. The second-order valence-electron chi connectivity index (χ2n) is 17.7. The van der Waals surface area contributed by atoms with Crippen LogP contribution in [0.25, 0.3) is 0 Å². The Balaban J connectivity index is 4.06. The van der Waals surface area contributed by atoms with E-state index >= 15 is 0 Å². The molecule has 0 aliphatic heterocycles. The van der Waals surface area contributed by atoms with Gasteiger partial charge in [0.05, 0.1) is 13.2 Å². The summed E-state index contributed by atoms with van der Waals surface area (Å²) >= 11 is 0. The molecular formula is C43H89O5P. The van der Waals surface area contributed by atoms with Crippen molar-refractivity contribution in [3.05, 3.63) is 0 Å². The second kappa shape index (κ2) is 32.7. The molecule has 8 atom stereocenters. The Kier molecular flexibility index (Phi) is 32.7. The molecular weight excluding hydrogens is 627 g/mol. The predicted octanol–water partition coefficient (Wildman–Crippen LogP) is 13.7. The van der Waals surface area contributed by atoms with Crippen LogP contribution < -0.4 is 0 Å². The summed E-state index contributed by atoms with van der Waals surface area (Å²) in [4.78, 5) is 9.20. The topological polar surface area (TPSA) is 65.0 Å². The molecule has 0 heterocycles. The average Bonchev–Trinajstić information content (AvgIpc) is 3.01. The fourth-order valence-electron chi connectivity index (χ4n) is 7.12. The average molecular weight is 717 g/mol. The maximum atomic E-state index is 11.2. The zero-order chi connectivity index (χ0) is 36.9. The first-order valence-electron chi connectivity index (χ1n) is 21.3. The number of hydrogen-bond acceptors (Lipinski definition) is 4. The SMILES string of the molecule is CC(C)CCC[C@@H](C)CCC[C@@H](C)CCC[C@@H](C)CCOC[C@@H](CO[PH](=O)O)OCC[C@H](C)CCC[C@H](C)CCC[C@H](C)CCCC(C)C. The van der Waals surface area contributed by atoms with Gasteiger partial charge in [0, 0.05) is 13.2 Å². The molecule has 1 N–H and O–H groups in total. The van der Waals surface area contributed by atoms with Crippen molar-refractivity contribution >= 4 is 8.25 Å². The maximum Gasteiger partial charge on any atom is 0.316 e. The van der Waals surface area contributed by atoms with Crippen molar-refractivity contribution in [3.8, 4) is 0 Å². The third-order valence-electron chi connectivity index (χ3n) is 10.9. The minimum atomic E-state index is -2.97. The van der Waals surface area contributed by atoms with Crippen molar-refractivity contribution < 1.29 is 23.5 Å². The first-order valence-corrected chi connectivity index (χ1v) is 22.6. The highest BCUT2D eigenvalue weighted by molar-refractivity contribution is 7.32. The molecule has 296 valence electrons. The molecule has 0 rings (SSSR count). The van der Waals surface area contributed by atoms with Gasteiger partial charge < -0.3 is 18.9 Å². The van der Waals surface area contributed by atoms with Gasteiger partial charge in [-0.05, 0) is 60.2 Å².